The molecular formula is C13H16FNO3S. The van der Waals surface area contributed by atoms with Gasteiger partial charge in [-0.3, -0.25) is 4.79 Å². The van der Waals surface area contributed by atoms with Gasteiger partial charge in [0.05, 0.1) is 5.75 Å². The molecule has 1 aliphatic heterocycles. The van der Waals surface area contributed by atoms with Crippen molar-refractivity contribution in [2.45, 2.75) is 19.3 Å². The summed E-state index contributed by atoms with van der Waals surface area (Å²) in [6.07, 6.45) is 1.43. The topological polar surface area (TPSA) is 54.5 Å². The first-order chi connectivity index (χ1) is 8.99. The molecule has 2 rings (SSSR count). The Hall–Kier alpha value is -1.27. The van der Waals surface area contributed by atoms with Crippen molar-refractivity contribution in [3.05, 3.63) is 35.6 Å². The Labute approximate surface area is 112 Å². The monoisotopic (exact) mass is 285 g/mol. The molecule has 0 spiro atoms. The molecule has 1 aliphatic rings. The predicted octanol–water partition coefficient (Wildman–Crippen LogP) is 1.82. The van der Waals surface area contributed by atoms with Crippen LogP contribution in [0.15, 0.2) is 24.3 Å². The van der Waals surface area contributed by atoms with Gasteiger partial charge in [0.1, 0.15) is 5.82 Å². The summed E-state index contributed by atoms with van der Waals surface area (Å²) < 4.78 is 37.2. The van der Waals surface area contributed by atoms with Gasteiger partial charge >= 0.3 is 0 Å². The van der Waals surface area contributed by atoms with Crippen LogP contribution in [0.5, 0.6) is 0 Å². The van der Waals surface area contributed by atoms with Gasteiger partial charge < -0.3 is 0 Å². The number of rotatable bonds is 5. The number of halogens is 1. The minimum Gasteiger partial charge on any atom is -0.294 e. The summed E-state index contributed by atoms with van der Waals surface area (Å²) in [5.41, 5.74) is 0.464. The second-order valence-corrected chi connectivity index (χ2v) is 6.69. The molecule has 1 saturated heterocycles. The third-order valence-electron chi connectivity index (χ3n) is 3.18. The van der Waals surface area contributed by atoms with Crippen LogP contribution in [-0.4, -0.2) is 37.3 Å². The van der Waals surface area contributed by atoms with Crippen molar-refractivity contribution in [3.8, 4) is 0 Å². The molecule has 6 heteroatoms. The number of hydrogen-bond acceptors (Lipinski definition) is 3. The Morgan fingerprint density at radius 1 is 1.26 bits per heavy atom. The van der Waals surface area contributed by atoms with E-state index >= 15 is 0 Å². The van der Waals surface area contributed by atoms with E-state index in [1.54, 1.807) is 0 Å². The first-order valence-corrected chi connectivity index (χ1v) is 7.86. The van der Waals surface area contributed by atoms with E-state index in [2.05, 4.69) is 0 Å². The van der Waals surface area contributed by atoms with Gasteiger partial charge in [0.25, 0.3) is 0 Å². The summed E-state index contributed by atoms with van der Waals surface area (Å²) in [6, 6.07) is 5.39. The van der Waals surface area contributed by atoms with Crippen LogP contribution >= 0.6 is 0 Å². The van der Waals surface area contributed by atoms with Crippen LogP contribution in [0.4, 0.5) is 4.39 Å². The van der Waals surface area contributed by atoms with Gasteiger partial charge in [-0.15, -0.1) is 0 Å². The SMILES string of the molecule is O=C(CCCN1CCCS1(=O)=O)c1ccc(F)cc1. The van der Waals surface area contributed by atoms with Crippen molar-refractivity contribution in [2.75, 3.05) is 18.8 Å². The molecule has 1 aromatic carbocycles. The fourth-order valence-corrected chi connectivity index (χ4v) is 3.71. The van der Waals surface area contributed by atoms with Gasteiger partial charge in [0.2, 0.25) is 10.0 Å². The number of sulfonamides is 1. The van der Waals surface area contributed by atoms with E-state index in [1.165, 1.54) is 28.6 Å². The summed E-state index contributed by atoms with van der Waals surface area (Å²) in [5.74, 6) is -0.255. The standard InChI is InChI=1S/C13H16FNO3S/c14-12-6-4-11(5-7-12)13(16)3-1-8-15-9-2-10-19(15,17)18/h4-7H,1-3,8-10H2. The highest BCUT2D eigenvalue weighted by molar-refractivity contribution is 7.89. The van der Waals surface area contributed by atoms with Crippen molar-refractivity contribution >= 4 is 15.8 Å². The van der Waals surface area contributed by atoms with Gasteiger partial charge in [-0.05, 0) is 37.1 Å². The van der Waals surface area contributed by atoms with E-state index in [-0.39, 0.29) is 23.8 Å². The summed E-state index contributed by atoms with van der Waals surface area (Å²) in [7, 11) is -3.08. The van der Waals surface area contributed by atoms with Gasteiger partial charge in [-0.25, -0.2) is 17.1 Å². The summed E-state index contributed by atoms with van der Waals surface area (Å²) in [6.45, 7) is 0.933. The molecule has 0 aliphatic carbocycles. The van der Waals surface area contributed by atoms with Crippen LogP contribution in [0.1, 0.15) is 29.6 Å². The molecule has 0 radical (unpaired) electrons. The number of carbonyl (C=O) groups excluding carboxylic acids is 1. The van der Waals surface area contributed by atoms with Crippen molar-refractivity contribution in [1.82, 2.24) is 4.31 Å². The normalized spacial score (nSPS) is 18.6. The molecule has 1 aromatic rings. The zero-order valence-electron chi connectivity index (χ0n) is 10.5. The molecule has 4 nitrogen and oxygen atoms in total. The largest absolute Gasteiger partial charge is 0.294 e. The summed E-state index contributed by atoms with van der Waals surface area (Å²) >= 11 is 0. The molecular weight excluding hydrogens is 269 g/mol. The molecule has 0 aromatic heterocycles. The maximum absolute atomic E-state index is 12.7. The number of carbonyl (C=O) groups is 1. The molecule has 19 heavy (non-hydrogen) atoms. The summed E-state index contributed by atoms with van der Waals surface area (Å²) in [4.78, 5) is 11.8. The zero-order valence-corrected chi connectivity index (χ0v) is 11.3. The smallest absolute Gasteiger partial charge is 0.214 e. The predicted molar refractivity (Wildman–Crippen MR) is 69.9 cm³/mol. The maximum atomic E-state index is 12.7. The summed E-state index contributed by atoms with van der Waals surface area (Å²) in [5, 5.41) is 0. The number of nitrogens with zero attached hydrogens (tertiary/aromatic N) is 1. The lowest BCUT2D eigenvalue weighted by Crippen LogP contribution is -2.27. The van der Waals surface area contributed by atoms with E-state index in [4.69, 9.17) is 0 Å². The van der Waals surface area contributed by atoms with Crippen LogP contribution in [0.25, 0.3) is 0 Å². The first kappa shape index (κ1) is 14.1. The van der Waals surface area contributed by atoms with Crippen LogP contribution in [0.3, 0.4) is 0 Å². The van der Waals surface area contributed by atoms with Gasteiger partial charge in [-0.2, -0.15) is 0 Å². The second kappa shape index (κ2) is 5.79. The highest BCUT2D eigenvalue weighted by Gasteiger charge is 2.27. The van der Waals surface area contributed by atoms with Gasteiger partial charge in [-0.1, -0.05) is 0 Å². The molecule has 0 amide bonds. The lowest BCUT2D eigenvalue weighted by Gasteiger charge is -2.13. The van der Waals surface area contributed by atoms with E-state index in [0.29, 0.717) is 31.5 Å². The number of hydrogen-bond donors (Lipinski definition) is 0. The first-order valence-electron chi connectivity index (χ1n) is 6.26. The Balaban J connectivity index is 1.83. The number of ketones is 1. The lowest BCUT2D eigenvalue weighted by atomic mass is 10.1. The average Bonchev–Trinajstić information content (AvgIpc) is 2.69. The van der Waals surface area contributed by atoms with E-state index in [1.807, 2.05) is 0 Å². The van der Waals surface area contributed by atoms with Crippen LogP contribution in [-0.2, 0) is 10.0 Å². The van der Waals surface area contributed by atoms with E-state index in [0.717, 1.165) is 0 Å². The van der Waals surface area contributed by atoms with Crippen molar-refractivity contribution in [2.24, 2.45) is 0 Å². The molecule has 0 unspecified atom stereocenters. The third-order valence-corrected chi connectivity index (χ3v) is 5.14. The highest BCUT2D eigenvalue weighted by atomic mass is 32.2. The Kier molecular flexibility index (Phi) is 4.31. The Bertz CT molecular complexity index is 554. The quantitative estimate of drug-likeness (QED) is 0.775. The van der Waals surface area contributed by atoms with Crippen LogP contribution in [0, 0.1) is 5.82 Å². The molecule has 0 bridgehead atoms. The zero-order chi connectivity index (χ0) is 13.9. The maximum Gasteiger partial charge on any atom is 0.214 e. The second-order valence-electron chi connectivity index (χ2n) is 4.60. The molecule has 104 valence electrons. The fourth-order valence-electron chi connectivity index (χ4n) is 2.14. The van der Waals surface area contributed by atoms with Gasteiger partial charge in [0.15, 0.2) is 5.78 Å². The molecule has 0 N–H and O–H groups in total. The highest BCUT2D eigenvalue weighted by Crippen LogP contribution is 2.15. The molecule has 0 saturated carbocycles. The van der Waals surface area contributed by atoms with Gasteiger partial charge in [0, 0.05) is 25.1 Å². The Morgan fingerprint density at radius 3 is 2.53 bits per heavy atom. The molecule has 0 atom stereocenters. The fraction of sp³-hybridized carbons (Fsp3) is 0.462. The van der Waals surface area contributed by atoms with Crippen LogP contribution < -0.4 is 0 Å². The van der Waals surface area contributed by atoms with E-state index in [9.17, 15) is 17.6 Å². The minimum atomic E-state index is -3.08. The number of benzene rings is 1. The number of Topliss-reactive ketones (excluding diaryl/α,β-unsaturated/α-hetero) is 1. The van der Waals surface area contributed by atoms with E-state index < -0.39 is 10.0 Å². The average molecular weight is 285 g/mol. The van der Waals surface area contributed by atoms with Crippen molar-refractivity contribution in [1.29, 1.82) is 0 Å². The van der Waals surface area contributed by atoms with Crippen molar-refractivity contribution in [3.63, 3.8) is 0 Å². The molecule has 1 fully saturated rings. The molecule has 1 heterocycles. The van der Waals surface area contributed by atoms with Crippen LogP contribution in [0.2, 0.25) is 0 Å². The minimum absolute atomic E-state index is 0.0865. The van der Waals surface area contributed by atoms with Crippen molar-refractivity contribution < 1.29 is 17.6 Å². The Morgan fingerprint density at radius 2 is 1.95 bits per heavy atom. The third kappa shape index (κ3) is 3.61. The lowest BCUT2D eigenvalue weighted by molar-refractivity contribution is 0.0978.